The van der Waals surface area contributed by atoms with Gasteiger partial charge in [0.2, 0.25) is 0 Å². The number of nitrogens with zero attached hydrogens (tertiary/aromatic N) is 1. The maximum atomic E-state index is 11.8. The van der Waals surface area contributed by atoms with Crippen molar-refractivity contribution in [3.05, 3.63) is 35.9 Å². The molecule has 0 spiro atoms. The van der Waals surface area contributed by atoms with Gasteiger partial charge in [0.15, 0.2) is 0 Å². The van der Waals surface area contributed by atoms with Crippen LogP contribution in [0.2, 0.25) is 0 Å². The molecule has 0 N–H and O–H groups in total. The zero-order chi connectivity index (χ0) is 15.0. The van der Waals surface area contributed by atoms with E-state index < -0.39 is 0 Å². The normalized spacial score (nSPS) is 12.0. The lowest BCUT2D eigenvalue weighted by molar-refractivity contribution is -0.151. The van der Waals surface area contributed by atoms with Crippen LogP contribution in [0.5, 0.6) is 0 Å². The summed E-state index contributed by atoms with van der Waals surface area (Å²) in [6.45, 7) is 2.65. The number of methoxy groups -OCH3 is 1. The van der Waals surface area contributed by atoms with Gasteiger partial charge in [-0.2, -0.15) is 0 Å². The maximum Gasteiger partial charge on any atom is 0.319 e. The monoisotopic (exact) mass is 279 g/mol. The summed E-state index contributed by atoms with van der Waals surface area (Å²) in [5.74, 6) is -0.892. The number of esters is 2. The van der Waals surface area contributed by atoms with Crippen LogP contribution in [0.15, 0.2) is 30.3 Å². The first-order chi connectivity index (χ1) is 9.52. The molecule has 0 radical (unpaired) electrons. The first-order valence-electron chi connectivity index (χ1n) is 6.49. The third-order valence-electron chi connectivity index (χ3n) is 2.84. The highest BCUT2D eigenvalue weighted by molar-refractivity contribution is 5.73. The molecule has 5 heteroatoms. The van der Waals surface area contributed by atoms with E-state index in [1.807, 2.05) is 30.3 Å². The second-order valence-electron chi connectivity index (χ2n) is 4.77. The number of carbonyl (C=O) groups excluding carboxylic acids is 2. The number of carbonyl (C=O) groups is 2. The Balaban J connectivity index is 2.33. The molecule has 0 saturated carbocycles. The smallest absolute Gasteiger partial charge is 0.319 e. The number of hydrogen-bond donors (Lipinski definition) is 0. The number of benzene rings is 1. The molecule has 5 nitrogen and oxygen atoms in total. The van der Waals surface area contributed by atoms with Crippen molar-refractivity contribution in [3.63, 3.8) is 0 Å². The molecule has 1 rings (SSSR count). The Hall–Kier alpha value is -1.88. The van der Waals surface area contributed by atoms with Gasteiger partial charge in [-0.05, 0) is 12.6 Å². The van der Waals surface area contributed by atoms with Crippen LogP contribution in [0.3, 0.4) is 0 Å². The molecule has 1 aromatic carbocycles. The van der Waals surface area contributed by atoms with Crippen LogP contribution in [0.25, 0.3) is 0 Å². The van der Waals surface area contributed by atoms with E-state index in [1.54, 1.807) is 18.9 Å². The molecule has 0 aliphatic carbocycles. The van der Waals surface area contributed by atoms with Gasteiger partial charge in [-0.3, -0.25) is 14.5 Å². The first-order valence-corrected chi connectivity index (χ1v) is 6.49. The number of likely N-dealkylation sites (N-methyl/N-ethyl adjacent to an activating group) is 1. The summed E-state index contributed by atoms with van der Waals surface area (Å²) in [6, 6.07) is 9.52. The molecule has 1 aromatic rings. The largest absolute Gasteiger partial charge is 0.468 e. The molecule has 0 fully saturated rings. The van der Waals surface area contributed by atoms with Crippen molar-refractivity contribution in [2.75, 3.05) is 27.2 Å². The zero-order valence-corrected chi connectivity index (χ0v) is 12.2. The van der Waals surface area contributed by atoms with Crippen molar-refractivity contribution in [1.82, 2.24) is 4.90 Å². The molecular formula is C15H21NO4. The minimum atomic E-state index is -0.322. The Bertz CT molecular complexity index is 433. The van der Waals surface area contributed by atoms with Gasteiger partial charge in [-0.1, -0.05) is 37.3 Å². The van der Waals surface area contributed by atoms with Gasteiger partial charge >= 0.3 is 11.9 Å². The van der Waals surface area contributed by atoms with Gasteiger partial charge < -0.3 is 9.47 Å². The van der Waals surface area contributed by atoms with Crippen LogP contribution >= 0.6 is 0 Å². The van der Waals surface area contributed by atoms with Crippen LogP contribution < -0.4 is 0 Å². The van der Waals surface area contributed by atoms with E-state index in [0.29, 0.717) is 6.54 Å². The number of ether oxygens (including phenoxy) is 2. The molecule has 0 amide bonds. The van der Waals surface area contributed by atoms with Crippen molar-refractivity contribution < 1.29 is 19.1 Å². The lowest BCUT2D eigenvalue weighted by atomic mass is 10.1. The van der Waals surface area contributed by atoms with Crippen molar-refractivity contribution >= 4 is 11.9 Å². The molecule has 0 aliphatic rings. The van der Waals surface area contributed by atoms with Crippen LogP contribution in [-0.4, -0.2) is 44.1 Å². The van der Waals surface area contributed by atoms with Gasteiger partial charge in [0.05, 0.1) is 19.6 Å². The van der Waals surface area contributed by atoms with Crippen LogP contribution in [0, 0.1) is 5.92 Å². The second kappa shape index (κ2) is 8.32. The third kappa shape index (κ3) is 5.84. The Labute approximate surface area is 119 Å². The van der Waals surface area contributed by atoms with E-state index >= 15 is 0 Å². The molecule has 0 bridgehead atoms. The fourth-order valence-corrected chi connectivity index (χ4v) is 1.76. The predicted octanol–water partition coefficient (Wildman–Crippen LogP) is 1.47. The molecule has 1 atom stereocenters. The predicted molar refractivity (Wildman–Crippen MR) is 74.9 cm³/mol. The Morgan fingerprint density at radius 2 is 1.90 bits per heavy atom. The highest BCUT2D eigenvalue weighted by atomic mass is 16.5. The minimum Gasteiger partial charge on any atom is -0.468 e. The molecule has 20 heavy (non-hydrogen) atoms. The van der Waals surface area contributed by atoms with E-state index in [1.165, 1.54) is 7.11 Å². The lowest BCUT2D eigenvalue weighted by Crippen LogP contribution is -2.33. The Morgan fingerprint density at radius 1 is 1.25 bits per heavy atom. The molecule has 0 heterocycles. The van der Waals surface area contributed by atoms with E-state index in [-0.39, 0.29) is 31.0 Å². The van der Waals surface area contributed by atoms with Crippen LogP contribution in [-0.2, 0) is 25.7 Å². The quantitative estimate of drug-likeness (QED) is 0.707. The van der Waals surface area contributed by atoms with Gasteiger partial charge in [-0.25, -0.2) is 0 Å². The molecule has 110 valence electrons. The van der Waals surface area contributed by atoms with E-state index in [0.717, 1.165) is 5.56 Å². The van der Waals surface area contributed by atoms with Gasteiger partial charge in [0, 0.05) is 6.54 Å². The zero-order valence-electron chi connectivity index (χ0n) is 12.2. The fourth-order valence-electron chi connectivity index (χ4n) is 1.76. The van der Waals surface area contributed by atoms with Crippen molar-refractivity contribution in [2.24, 2.45) is 5.92 Å². The summed E-state index contributed by atoms with van der Waals surface area (Å²) in [4.78, 5) is 24.7. The summed E-state index contributed by atoms with van der Waals surface area (Å²) in [6.07, 6.45) is 0. The molecule has 1 unspecified atom stereocenters. The summed E-state index contributed by atoms with van der Waals surface area (Å²) in [5, 5.41) is 0. The SMILES string of the molecule is COC(=O)CN(C)CC(C)C(=O)OCc1ccccc1. The maximum absolute atomic E-state index is 11.8. The van der Waals surface area contributed by atoms with Crippen molar-refractivity contribution in [3.8, 4) is 0 Å². The highest BCUT2D eigenvalue weighted by Gasteiger charge is 2.18. The fraction of sp³-hybridized carbons (Fsp3) is 0.467. The average Bonchev–Trinajstić information content (AvgIpc) is 2.45. The first kappa shape index (κ1) is 16.2. The topological polar surface area (TPSA) is 55.8 Å². The number of hydrogen-bond acceptors (Lipinski definition) is 5. The highest BCUT2D eigenvalue weighted by Crippen LogP contribution is 2.06. The van der Waals surface area contributed by atoms with Crippen LogP contribution in [0.1, 0.15) is 12.5 Å². The molecular weight excluding hydrogens is 258 g/mol. The van der Waals surface area contributed by atoms with Crippen molar-refractivity contribution in [2.45, 2.75) is 13.5 Å². The summed E-state index contributed by atoms with van der Waals surface area (Å²) in [7, 11) is 3.10. The average molecular weight is 279 g/mol. The van der Waals surface area contributed by atoms with Crippen LogP contribution in [0.4, 0.5) is 0 Å². The van der Waals surface area contributed by atoms with E-state index in [2.05, 4.69) is 4.74 Å². The molecule has 0 aromatic heterocycles. The summed E-state index contributed by atoms with van der Waals surface area (Å²) in [5.41, 5.74) is 0.955. The minimum absolute atomic E-state index is 0.160. The van der Waals surface area contributed by atoms with E-state index in [9.17, 15) is 9.59 Å². The standard InChI is InChI=1S/C15H21NO4/c1-12(9-16(2)10-14(17)19-3)15(18)20-11-13-7-5-4-6-8-13/h4-8,12H,9-11H2,1-3H3. The van der Waals surface area contributed by atoms with Gasteiger partial charge in [-0.15, -0.1) is 0 Å². The Kier molecular flexibility index (Phi) is 6.73. The summed E-state index contributed by atoms with van der Waals surface area (Å²) >= 11 is 0. The van der Waals surface area contributed by atoms with Gasteiger partial charge in [0.1, 0.15) is 6.61 Å². The Morgan fingerprint density at radius 3 is 2.50 bits per heavy atom. The molecule has 0 saturated heterocycles. The second-order valence-corrected chi connectivity index (χ2v) is 4.77. The third-order valence-corrected chi connectivity index (χ3v) is 2.84. The number of rotatable bonds is 7. The lowest BCUT2D eigenvalue weighted by Gasteiger charge is -2.19. The van der Waals surface area contributed by atoms with Crippen molar-refractivity contribution in [1.29, 1.82) is 0 Å². The molecule has 0 aliphatic heterocycles. The van der Waals surface area contributed by atoms with E-state index in [4.69, 9.17) is 4.74 Å². The summed E-state index contributed by atoms with van der Waals surface area (Å²) < 4.78 is 9.81. The van der Waals surface area contributed by atoms with Gasteiger partial charge in [0.25, 0.3) is 0 Å².